The lowest BCUT2D eigenvalue weighted by molar-refractivity contribution is -0.121. The first-order chi connectivity index (χ1) is 14.2. The van der Waals surface area contributed by atoms with E-state index in [4.69, 9.17) is 0 Å². The predicted octanol–water partition coefficient (Wildman–Crippen LogP) is 4.89. The van der Waals surface area contributed by atoms with Crippen LogP contribution >= 0.6 is 0 Å². The van der Waals surface area contributed by atoms with Gasteiger partial charge in [-0.05, 0) is 53.8 Å². The molecule has 4 heteroatoms. The van der Waals surface area contributed by atoms with Crippen LogP contribution in [0.1, 0.15) is 35.7 Å². The number of hydrogen-bond donors (Lipinski definition) is 1. The molecule has 0 aliphatic carbocycles. The third-order valence-electron chi connectivity index (χ3n) is 5.73. The summed E-state index contributed by atoms with van der Waals surface area (Å²) >= 11 is 0. The van der Waals surface area contributed by atoms with Crippen LogP contribution in [0.5, 0.6) is 0 Å². The van der Waals surface area contributed by atoms with Gasteiger partial charge in [0.15, 0.2) is 0 Å². The average Bonchev–Trinajstić information content (AvgIpc) is 2.79. The highest BCUT2D eigenvalue weighted by Gasteiger charge is 2.29. The van der Waals surface area contributed by atoms with Crippen LogP contribution in [0, 0.1) is 5.92 Å². The molecule has 0 bridgehead atoms. The molecule has 1 N–H and O–H groups in total. The van der Waals surface area contributed by atoms with Crippen molar-refractivity contribution >= 4 is 28.3 Å². The minimum atomic E-state index is -0.187. The van der Waals surface area contributed by atoms with E-state index in [0.717, 1.165) is 35.7 Å². The molecule has 0 spiro atoms. The molecule has 3 aromatic carbocycles. The topological polar surface area (TPSA) is 49.4 Å². The van der Waals surface area contributed by atoms with Crippen LogP contribution in [-0.2, 0) is 11.2 Å². The monoisotopic (exact) mass is 386 g/mol. The first-order valence-electron chi connectivity index (χ1n) is 10.3. The van der Waals surface area contributed by atoms with Gasteiger partial charge in [0.05, 0.1) is 5.92 Å². The van der Waals surface area contributed by atoms with Gasteiger partial charge in [-0.3, -0.25) is 9.59 Å². The zero-order chi connectivity index (χ0) is 20.2. The zero-order valence-electron chi connectivity index (χ0n) is 16.7. The molecule has 1 unspecified atom stereocenters. The smallest absolute Gasteiger partial charge is 0.254 e. The van der Waals surface area contributed by atoms with E-state index in [1.807, 2.05) is 71.6 Å². The Morgan fingerprint density at radius 3 is 2.55 bits per heavy atom. The minimum Gasteiger partial charge on any atom is -0.338 e. The number of aryl methyl sites for hydroxylation is 1. The summed E-state index contributed by atoms with van der Waals surface area (Å²) in [7, 11) is 0. The van der Waals surface area contributed by atoms with Gasteiger partial charge in [-0.15, -0.1) is 0 Å². The van der Waals surface area contributed by atoms with Crippen molar-refractivity contribution in [3.63, 3.8) is 0 Å². The number of fused-ring (bicyclic) bond motifs is 1. The van der Waals surface area contributed by atoms with Crippen molar-refractivity contribution < 1.29 is 9.59 Å². The largest absolute Gasteiger partial charge is 0.338 e. The van der Waals surface area contributed by atoms with Gasteiger partial charge in [-0.25, -0.2) is 0 Å². The Hall–Kier alpha value is -3.14. The summed E-state index contributed by atoms with van der Waals surface area (Å²) in [6, 6.07) is 21.7. The minimum absolute atomic E-state index is 0.00611. The molecule has 1 aliphatic heterocycles. The summed E-state index contributed by atoms with van der Waals surface area (Å²) in [5, 5.41) is 5.03. The summed E-state index contributed by atoms with van der Waals surface area (Å²) in [5.41, 5.74) is 2.76. The fourth-order valence-electron chi connectivity index (χ4n) is 4.03. The summed E-state index contributed by atoms with van der Waals surface area (Å²) in [6.45, 7) is 3.26. The maximum Gasteiger partial charge on any atom is 0.254 e. The highest BCUT2D eigenvalue weighted by Crippen LogP contribution is 2.24. The van der Waals surface area contributed by atoms with Gasteiger partial charge in [-0.2, -0.15) is 0 Å². The highest BCUT2D eigenvalue weighted by molar-refractivity contribution is 6.07. The number of nitrogens with one attached hydrogen (secondary N) is 1. The van der Waals surface area contributed by atoms with E-state index in [1.54, 1.807) is 0 Å². The van der Waals surface area contributed by atoms with Crippen molar-refractivity contribution in [2.24, 2.45) is 5.92 Å². The normalized spacial score (nSPS) is 16.6. The van der Waals surface area contributed by atoms with Crippen LogP contribution in [0.3, 0.4) is 0 Å². The van der Waals surface area contributed by atoms with Crippen molar-refractivity contribution in [3.8, 4) is 0 Å². The standard InChI is InChI=1S/C25H26N2O2/c1-2-18-12-14-21(15-13-18)26-24(28)20-9-6-16-27(17-20)25(29)23-11-5-8-19-7-3-4-10-22(19)23/h3-5,7-8,10-15,20H,2,6,9,16-17H2,1H3,(H,26,28). The molecule has 148 valence electrons. The number of hydrogen-bond acceptors (Lipinski definition) is 2. The molecule has 0 saturated carbocycles. The van der Waals surface area contributed by atoms with Crippen molar-refractivity contribution in [2.75, 3.05) is 18.4 Å². The van der Waals surface area contributed by atoms with Crippen molar-refractivity contribution in [1.82, 2.24) is 4.90 Å². The van der Waals surface area contributed by atoms with E-state index in [-0.39, 0.29) is 17.7 Å². The van der Waals surface area contributed by atoms with Crippen LogP contribution in [0.15, 0.2) is 66.7 Å². The molecule has 1 atom stereocenters. The van der Waals surface area contributed by atoms with Crippen LogP contribution in [-0.4, -0.2) is 29.8 Å². The molecule has 3 aromatic rings. The fourth-order valence-corrected chi connectivity index (χ4v) is 4.03. The Labute approximate surface area is 171 Å². The quantitative estimate of drug-likeness (QED) is 0.694. The second-order valence-corrected chi connectivity index (χ2v) is 7.66. The van der Waals surface area contributed by atoms with Gasteiger partial charge < -0.3 is 10.2 Å². The molecule has 4 nitrogen and oxygen atoms in total. The Kier molecular flexibility index (Phi) is 5.61. The SMILES string of the molecule is CCc1ccc(NC(=O)C2CCCN(C(=O)c3cccc4ccccc34)C2)cc1. The van der Waals surface area contributed by atoms with Crippen molar-refractivity contribution in [1.29, 1.82) is 0 Å². The van der Waals surface area contributed by atoms with Gasteiger partial charge >= 0.3 is 0 Å². The molecule has 0 aromatic heterocycles. The second kappa shape index (κ2) is 8.48. The number of carbonyl (C=O) groups excluding carboxylic acids is 2. The maximum absolute atomic E-state index is 13.2. The van der Waals surface area contributed by atoms with Gasteiger partial charge in [0.25, 0.3) is 5.91 Å². The number of benzene rings is 3. The Morgan fingerprint density at radius 1 is 1.00 bits per heavy atom. The molecule has 4 rings (SSSR count). The lowest BCUT2D eigenvalue weighted by atomic mass is 9.95. The van der Waals surface area contributed by atoms with Gasteiger partial charge in [0, 0.05) is 24.3 Å². The highest BCUT2D eigenvalue weighted by atomic mass is 16.2. The molecule has 2 amide bonds. The van der Waals surface area contributed by atoms with Crippen LogP contribution in [0.2, 0.25) is 0 Å². The molecule has 1 heterocycles. The second-order valence-electron chi connectivity index (χ2n) is 7.66. The Bertz CT molecular complexity index is 1020. The summed E-state index contributed by atoms with van der Waals surface area (Å²) in [5.74, 6) is -0.190. The van der Waals surface area contributed by atoms with Crippen LogP contribution < -0.4 is 5.32 Å². The molecule has 29 heavy (non-hydrogen) atoms. The molecule has 1 aliphatic rings. The van der Waals surface area contributed by atoms with Gasteiger partial charge in [0.1, 0.15) is 0 Å². The number of carbonyl (C=O) groups is 2. The number of anilines is 1. The van der Waals surface area contributed by atoms with E-state index in [2.05, 4.69) is 12.2 Å². The summed E-state index contributed by atoms with van der Waals surface area (Å²) < 4.78 is 0. The van der Waals surface area contributed by atoms with E-state index in [0.29, 0.717) is 18.7 Å². The fraction of sp³-hybridized carbons (Fsp3) is 0.280. The predicted molar refractivity (Wildman–Crippen MR) is 117 cm³/mol. The number of nitrogens with zero attached hydrogens (tertiary/aromatic N) is 1. The number of amides is 2. The van der Waals surface area contributed by atoms with E-state index in [1.165, 1.54) is 5.56 Å². The van der Waals surface area contributed by atoms with Crippen molar-refractivity contribution in [3.05, 3.63) is 77.9 Å². The maximum atomic E-state index is 13.2. The summed E-state index contributed by atoms with van der Waals surface area (Å²) in [4.78, 5) is 27.8. The molecule has 0 radical (unpaired) electrons. The Balaban J connectivity index is 1.47. The van der Waals surface area contributed by atoms with Crippen molar-refractivity contribution in [2.45, 2.75) is 26.2 Å². The Morgan fingerprint density at radius 2 is 1.76 bits per heavy atom. The van der Waals surface area contributed by atoms with E-state index >= 15 is 0 Å². The zero-order valence-corrected chi connectivity index (χ0v) is 16.7. The van der Waals surface area contributed by atoms with Gasteiger partial charge in [-0.1, -0.05) is 55.5 Å². The number of likely N-dealkylation sites (tertiary alicyclic amines) is 1. The lowest BCUT2D eigenvalue weighted by Crippen LogP contribution is -2.43. The number of rotatable bonds is 4. The van der Waals surface area contributed by atoms with Crippen LogP contribution in [0.4, 0.5) is 5.69 Å². The molecule has 1 fully saturated rings. The third-order valence-corrected chi connectivity index (χ3v) is 5.73. The average molecular weight is 386 g/mol. The first kappa shape index (κ1) is 19.2. The molecular formula is C25H26N2O2. The van der Waals surface area contributed by atoms with Crippen LogP contribution in [0.25, 0.3) is 10.8 Å². The lowest BCUT2D eigenvalue weighted by Gasteiger charge is -2.32. The van der Waals surface area contributed by atoms with E-state index < -0.39 is 0 Å². The molecular weight excluding hydrogens is 360 g/mol. The number of piperidine rings is 1. The molecule has 1 saturated heterocycles. The first-order valence-corrected chi connectivity index (χ1v) is 10.3. The van der Waals surface area contributed by atoms with Gasteiger partial charge in [0.2, 0.25) is 5.91 Å². The third kappa shape index (κ3) is 4.16. The summed E-state index contributed by atoms with van der Waals surface area (Å²) in [6.07, 6.45) is 2.61. The van der Waals surface area contributed by atoms with E-state index in [9.17, 15) is 9.59 Å².